The van der Waals surface area contributed by atoms with Crippen LogP contribution in [0, 0.1) is 5.92 Å². The van der Waals surface area contributed by atoms with Crippen molar-refractivity contribution >= 4 is 0 Å². The van der Waals surface area contributed by atoms with Crippen LogP contribution in [0.15, 0.2) is 0 Å². The van der Waals surface area contributed by atoms with Crippen LogP contribution in [0.2, 0.25) is 0 Å². The van der Waals surface area contributed by atoms with Crippen molar-refractivity contribution in [1.82, 2.24) is 5.32 Å². The van der Waals surface area contributed by atoms with E-state index in [0.29, 0.717) is 18.9 Å². The summed E-state index contributed by atoms with van der Waals surface area (Å²) < 4.78 is 11.2. The van der Waals surface area contributed by atoms with Crippen molar-refractivity contribution in [2.75, 3.05) is 26.3 Å². The van der Waals surface area contributed by atoms with E-state index in [0.717, 1.165) is 19.5 Å². The number of aliphatic hydroxyl groups excluding tert-OH is 1. The zero-order chi connectivity index (χ0) is 9.10. The lowest BCUT2D eigenvalue weighted by atomic mass is 10.1. The third kappa shape index (κ3) is 2.20. The summed E-state index contributed by atoms with van der Waals surface area (Å²) in [7, 11) is 0. The lowest BCUT2D eigenvalue weighted by Crippen LogP contribution is -2.24. The molecule has 2 heterocycles. The third-order valence-electron chi connectivity index (χ3n) is 2.71. The fourth-order valence-electron chi connectivity index (χ4n) is 1.92. The van der Waals surface area contributed by atoms with Crippen LogP contribution in [-0.2, 0) is 9.47 Å². The summed E-state index contributed by atoms with van der Waals surface area (Å²) in [6.07, 6.45) is 1.90. The maximum absolute atomic E-state index is 8.73. The van der Waals surface area contributed by atoms with Crippen molar-refractivity contribution in [3.63, 3.8) is 0 Å². The summed E-state index contributed by atoms with van der Waals surface area (Å²) in [6, 6.07) is 0. The highest BCUT2D eigenvalue weighted by atomic mass is 16.7. The van der Waals surface area contributed by atoms with Crippen molar-refractivity contribution < 1.29 is 14.6 Å². The van der Waals surface area contributed by atoms with E-state index in [1.165, 1.54) is 0 Å². The average molecular weight is 187 g/mol. The monoisotopic (exact) mass is 187 g/mol. The molecule has 4 nitrogen and oxygen atoms in total. The summed E-state index contributed by atoms with van der Waals surface area (Å²) in [5.41, 5.74) is 0. The molecular weight excluding hydrogens is 170 g/mol. The maximum atomic E-state index is 8.73. The van der Waals surface area contributed by atoms with Crippen molar-refractivity contribution in [3.05, 3.63) is 0 Å². The van der Waals surface area contributed by atoms with Crippen molar-refractivity contribution in [3.8, 4) is 0 Å². The molecule has 3 atom stereocenters. The Bertz CT molecular complexity index is 159. The predicted molar refractivity (Wildman–Crippen MR) is 47.3 cm³/mol. The molecule has 13 heavy (non-hydrogen) atoms. The van der Waals surface area contributed by atoms with Gasteiger partial charge < -0.3 is 19.9 Å². The first kappa shape index (κ1) is 9.40. The van der Waals surface area contributed by atoms with Crippen LogP contribution in [0.4, 0.5) is 0 Å². The third-order valence-corrected chi connectivity index (χ3v) is 2.71. The molecule has 0 bridgehead atoms. The summed E-state index contributed by atoms with van der Waals surface area (Å²) in [4.78, 5) is 0. The molecule has 0 spiro atoms. The molecule has 3 unspecified atom stereocenters. The molecule has 0 amide bonds. The molecule has 0 aromatic carbocycles. The summed E-state index contributed by atoms with van der Waals surface area (Å²) in [6.45, 7) is 2.89. The van der Waals surface area contributed by atoms with Crippen LogP contribution in [0.3, 0.4) is 0 Å². The second-order valence-corrected chi connectivity index (χ2v) is 3.72. The van der Waals surface area contributed by atoms with Crippen molar-refractivity contribution in [2.24, 2.45) is 5.92 Å². The lowest BCUT2D eigenvalue weighted by Gasteiger charge is -2.16. The van der Waals surface area contributed by atoms with Crippen LogP contribution in [-0.4, -0.2) is 43.8 Å². The SMILES string of the molecule is OCCC1COC(C2CCNC2)O1. The molecule has 0 radical (unpaired) electrons. The van der Waals surface area contributed by atoms with Gasteiger partial charge in [0.1, 0.15) is 0 Å². The normalized spacial score (nSPS) is 39.9. The first-order valence-electron chi connectivity index (χ1n) is 4.99. The first-order valence-corrected chi connectivity index (χ1v) is 4.99. The van der Waals surface area contributed by atoms with Gasteiger partial charge in [-0.3, -0.25) is 0 Å². The molecule has 0 aromatic heterocycles. The Labute approximate surface area is 78.2 Å². The van der Waals surface area contributed by atoms with Crippen LogP contribution < -0.4 is 5.32 Å². The van der Waals surface area contributed by atoms with E-state index < -0.39 is 0 Å². The van der Waals surface area contributed by atoms with E-state index in [2.05, 4.69) is 5.32 Å². The van der Waals surface area contributed by atoms with Gasteiger partial charge in [-0.25, -0.2) is 0 Å². The number of ether oxygens (including phenoxy) is 2. The highest BCUT2D eigenvalue weighted by molar-refractivity contribution is 4.78. The molecule has 2 saturated heterocycles. The fraction of sp³-hybridized carbons (Fsp3) is 1.00. The van der Waals surface area contributed by atoms with Gasteiger partial charge in [0, 0.05) is 19.1 Å². The Morgan fingerprint density at radius 1 is 1.46 bits per heavy atom. The van der Waals surface area contributed by atoms with E-state index in [9.17, 15) is 0 Å². The van der Waals surface area contributed by atoms with Gasteiger partial charge >= 0.3 is 0 Å². The van der Waals surface area contributed by atoms with Gasteiger partial charge in [-0.15, -0.1) is 0 Å². The molecular formula is C9H17NO3. The average Bonchev–Trinajstić information content (AvgIpc) is 2.70. The van der Waals surface area contributed by atoms with E-state index in [1.807, 2.05) is 0 Å². The van der Waals surface area contributed by atoms with Crippen LogP contribution in [0.5, 0.6) is 0 Å². The number of hydrogen-bond donors (Lipinski definition) is 2. The smallest absolute Gasteiger partial charge is 0.162 e. The molecule has 2 aliphatic rings. The zero-order valence-corrected chi connectivity index (χ0v) is 7.74. The maximum Gasteiger partial charge on any atom is 0.162 e. The van der Waals surface area contributed by atoms with Gasteiger partial charge in [0.25, 0.3) is 0 Å². The van der Waals surface area contributed by atoms with Gasteiger partial charge in [-0.1, -0.05) is 0 Å². The Morgan fingerprint density at radius 2 is 2.38 bits per heavy atom. The standard InChI is InChI=1S/C9H17NO3/c11-4-2-8-6-12-9(13-8)7-1-3-10-5-7/h7-11H,1-6H2. The number of rotatable bonds is 3. The van der Waals surface area contributed by atoms with E-state index >= 15 is 0 Å². The largest absolute Gasteiger partial charge is 0.396 e. The molecule has 0 aliphatic carbocycles. The minimum absolute atomic E-state index is 0.0356. The van der Waals surface area contributed by atoms with E-state index in [4.69, 9.17) is 14.6 Å². The molecule has 4 heteroatoms. The number of aliphatic hydroxyl groups is 1. The lowest BCUT2D eigenvalue weighted by molar-refractivity contribution is -0.0930. The predicted octanol–water partition coefficient (Wildman–Crippen LogP) is -0.280. The highest BCUT2D eigenvalue weighted by Gasteiger charge is 2.33. The minimum atomic E-state index is -0.0356. The molecule has 2 aliphatic heterocycles. The van der Waals surface area contributed by atoms with Crippen LogP contribution >= 0.6 is 0 Å². The Kier molecular flexibility index (Phi) is 3.16. The topological polar surface area (TPSA) is 50.7 Å². The number of hydrogen-bond acceptors (Lipinski definition) is 4. The minimum Gasteiger partial charge on any atom is -0.396 e. The molecule has 0 saturated carbocycles. The number of nitrogens with one attached hydrogen (secondary N) is 1. The van der Waals surface area contributed by atoms with Crippen molar-refractivity contribution in [2.45, 2.75) is 25.2 Å². The van der Waals surface area contributed by atoms with Gasteiger partial charge in [-0.2, -0.15) is 0 Å². The van der Waals surface area contributed by atoms with E-state index in [-0.39, 0.29) is 19.0 Å². The molecule has 2 rings (SSSR count). The summed E-state index contributed by atoms with van der Waals surface area (Å²) in [5.74, 6) is 0.503. The molecule has 0 aromatic rings. The molecule has 2 N–H and O–H groups in total. The van der Waals surface area contributed by atoms with Gasteiger partial charge in [-0.05, 0) is 19.4 Å². The second kappa shape index (κ2) is 4.37. The van der Waals surface area contributed by atoms with Crippen LogP contribution in [0.1, 0.15) is 12.8 Å². The highest BCUT2D eigenvalue weighted by Crippen LogP contribution is 2.24. The first-order chi connectivity index (χ1) is 6.40. The molecule has 76 valence electrons. The molecule has 2 fully saturated rings. The summed E-state index contributed by atoms with van der Waals surface area (Å²) >= 11 is 0. The van der Waals surface area contributed by atoms with Crippen molar-refractivity contribution in [1.29, 1.82) is 0 Å². The van der Waals surface area contributed by atoms with Gasteiger partial charge in [0.2, 0.25) is 0 Å². The van der Waals surface area contributed by atoms with Gasteiger partial charge in [0.05, 0.1) is 12.7 Å². The zero-order valence-electron chi connectivity index (χ0n) is 7.74. The Balaban J connectivity index is 1.76. The fourth-order valence-corrected chi connectivity index (χ4v) is 1.92. The quantitative estimate of drug-likeness (QED) is 0.638. The van der Waals surface area contributed by atoms with E-state index in [1.54, 1.807) is 0 Å². The Morgan fingerprint density at radius 3 is 3.08 bits per heavy atom. The second-order valence-electron chi connectivity index (χ2n) is 3.72. The van der Waals surface area contributed by atoms with Crippen LogP contribution in [0.25, 0.3) is 0 Å². The summed E-state index contributed by atoms with van der Waals surface area (Å²) in [5, 5.41) is 12.0. The van der Waals surface area contributed by atoms with Gasteiger partial charge in [0.15, 0.2) is 6.29 Å². The Hall–Kier alpha value is -0.160.